The van der Waals surface area contributed by atoms with Gasteiger partial charge in [0.15, 0.2) is 0 Å². The Morgan fingerprint density at radius 2 is 1.95 bits per heavy atom. The zero-order chi connectivity index (χ0) is 13.1. The monoisotopic (exact) mass is 304 g/mol. The fourth-order valence-electron chi connectivity index (χ4n) is 3.56. The summed E-state index contributed by atoms with van der Waals surface area (Å²) in [6.07, 6.45) is 5.59. The highest BCUT2D eigenvalue weighted by atomic mass is 35.5. The molecule has 5 nitrogen and oxygen atoms in total. The van der Waals surface area contributed by atoms with E-state index in [2.05, 4.69) is 10.6 Å². The molecular weight excluding hydrogens is 280 g/mol. The second-order valence-corrected chi connectivity index (χ2v) is 6.05. The molecule has 2 N–H and O–H groups in total. The lowest BCUT2D eigenvalue weighted by Crippen LogP contribution is -2.42. The van der Waals surface area contributed by atoms with Crippen molar-refractivity contribution < 1.29 is 14.3 Å². The summed E-state index contributed by atoms with van der Waals surface area (Å²) in [5, 5.41) is 6.59. The summed E-state index contributed by atoms with van der Waals surface area (Å²) < 4.78 is 10.8. The third-order valence-corrected chi connectivity index (χ3v) is 4.46. The van der Waals surface area contributed by atoms with Gasteiger partial charge >= 0.3 is 0 Å². The van der Waals surface area contributed by atoms with Crippen molar-refractivity contribution in [2.75, 3.05) is 26.4 Å². The van der Waals surface area contributed by atoms with E-state index < -0.39 is 0 Å². The van der Waals surface area contributed by atoms with Gasteiger partial charge in [0.05, 0.1) is 25.9 Å². The van der Waals surface area contributed by atoms with Crippen molar-refractivity contribution in [3.8, 4) is 0 Å². The molecule has 3 fully saturated rings. The van der Waals surface area contributed by atoms with E-state index in [0.717, 1.165) is 12.8 Å². The van der Waals surface area contributed by atoms with Gasteiger partial charge in [0.2, 0.25) is 5.91 Å². The maximum atomic E-state index is 12.0. The Labute approximate surface area is 126 Å². The van der Waals surface area contributed by atoms with Crippen molar-refractivity contribution in [1.29, 1.82) is 0 Å². The minimum atomic E-state index is 0. The van der Waals surface area contributed by atoms with E-state index >= 15 is 0 Å². The summed E-state index contributed by atoms with van der Waals surface area (Å²) in [4.78, 5) is 12.0. The molecule has 6 heteroatoms. The number of amides is 1. The van der Waals surface area contributed by atoms with Crippen molar-refractivity contribution in [2.24, 2.45) is 5.92 Å². The van der Waals surface area contributed by atoms with Crippen LogP contribution in [0.4, 0.5) is 0 Å². The molecule has 0 radical (unpaired) electrons. The topological polar surface area (TPSA) is 59.6 Å². The lowest BCUT2D eigenvalue weighted by Gasteiger charge is -2.29. The summed E-state index contributed by atoms with van der Waals surface area (Å²) in [5.41, 5.74) is 0. The van der Waals surface area contributed by atoms with E-state index in [9.17, 15) is 4.79 Å². The third-order valence-electron chi connectivity index (χ3n) is 4.46. The molecule has 0 saturated carbocycles. The number of carbonyl (C=O) groups excluding carboxylic acids is 1. The fourth-order valence-corrected chi connectivity index (χ4v) is 3.56. The zero-order valence-electron chi connectivity index (χ0n) is 11.8. The summed E-state index contributed by atoms with van der Waals surface area (Å²) in [7, 11) is 0. The highest BCUT2D eigenvalue weighted by Crippen LogP contribution is 2.32. The van der Waals surface area contributed by atoms with Crippen LogP contribution in [0.15, 0.2) is 0 Å². The number of rotatable bonds is 4. The summed E-state index contributed by atoms with van der Waals surface area (Å²) in [6.45, 7) is 2.48. The van der Waals surface area contributed by atoms with E-state index in [4.69, 9.17) is 9.47 Å². The van der Waals surface area contributed by atoms with Gasteiger partial charge in [-0.1, -0.05) is 0 Å². The summed E-state index contributed by atoms with van der Waals surface area (Å²) in [6, 6.07) is 1.32. The molecule has 3 aliphatic rings. The van der Waals surface area contributed by atoms with Crippen molar-refractivity contribution in [3.05, 3.63) is 0 Å². The molecule has 20 heavy (non-hydrogen) atoms. The molecule has 3 heterocycles. The molecule has 3 aliphatic heterocycles. The lowest BCUT2D eigenvalue weighted by atomic mass is 9.89. The zero-order valence-corrected chi connectivity index (χ0v) is 12.6. The standard InChI is InChI=1S/C14H24N2O3.ClH/c17-14(15-8-13-9-18-3-4-19-13)7-10-5-11-1-2-12(6-10)16-11;/h10-13,16H,1-9H2,(H,15,17);1H. The Morgan fingerprint density at radius 3 is 2.60 bits per heavy atom. The Kier molecular flexibility index (Phi) is 6.08. The number of ether oxygens (including phenoxy) is 2. The van der Waals surface area contributed by atoms with E-state index in [-0.39, 0.29) is 24.4 Å². The Bertz CT molecular complexity index is 312. The first kappa shape index (κ1) is 16.0. The minimum absolute atomic E-state index is 0. The van der Waals surface area contributed by atoms with Gasteiger partial charge in [-0.25, -0.2) is 0 Å². The van der Waals surface area contributed by atoms with Crippen LogP contribution in [0.5, 0.6) is 0 Å². The number of piperidine rings is 1. The average molecular weight is 305 g/mol. The van der Waals surface area contributed by atoms with Crippen molar-refractivity contribution in [2.45, 2.75) is 50.3 Å². The molecule has 0 aromatic heterocycles. The SMILES string of the molecule is Cl.O=C(CC1CC2CCC(C1)N2)NCC1COCCO1. The predicted octanol–water partition coefficient (Wildman–Crippen LogP) is 0.861. The van der Waals surface area contributed by atoms with Crippen LogP contribution >= 0.6 is 12.4 Å². The van der Waals surface area contributed by atoms with Gasteiger partial charge in [0.1, 0.15) is 0 Å². The van der Waals surface area contributed by atoms with Gasteiger partial charge in [-0.15, -0.1) is 12.4 Å². The van der Waals surface area contributed by atoms with Crippen molar-refractivity contribution in [3.63, 3.8) is 0 Å². The summed E-state index contributed by atoms with van der Waals surface area (Å²) >= 11 is 0. The van der Waals surface area contributed by atoms with Crippen LogP contribution in [0.1, 0.15) is 32.1 Å². The second kappa shape index (κ2) is 7.59. The van der Waals surface area contributed by atoms with Gasteiger partial charge < -0.3 is 20.1 Å². The quantitative estimate of drug-likeness (QED) is 0.809. The van der Waals surface area contributed by atoms with Crippen LogP contribution < -0.4 is 10.6 Å². The first-order chi connectivity index (χ1) is 9.29. The fraction of sp³-hybridized carbons (Fsp3) is 0.929. The van der Waals surface area contributed by atoms with Gasteiger partial charge in [0.25, 0.3) is 0 Å². The Balaban J connectivity index is 0.00000147. The molecule has 3 saturated heterocycles. The number of fused-ring (bicyclic) bond motifs is 2. The van der Waals surface area contributed by atoms with E-state index in [1.165, 1.54) is 12.8 Å². The van der Waals surface area contributed by atoms with Gasteiger partial charge in [-0.2, -0.15) is 0 Å². The van der Waals surface area contributed by atoms with Crippen LogP contribution in [-0.2, 0) is 14.3 Å². The van der Waals surface area contributed by atoms with E-state index in [0.29, 0.717) is 50.8 Å². The maximum Gasteiger partial charge on any atom is 0.220 e. The number of hydrogen-bond donors (Lipinski definition) is 2. The van der Waals surface area contributed by atoms with Gasteiger partial charge in [-0.05, 0) is 31.6 Å². The highest BCUT2D eigenvalue weighted by Gasteiger charge is 2.34. The van der Waals surface area contributed by atoms with Gasteiger partial charge in [0, 0.05) is 25.0 Å². The van der Waals surface area contributed by atoms with Crippen molar-refractivity contribution >= 4 is 18.3 Å². The molecule has 3 unspecified atom stereocenters. The number of hydrogen-bond acceptors (Lipinski definition) is 4. The Hall–Kier alpha value is -0.360. The van der Waals surface area contributed by atoms with Crippen LogP contribution in [-0.4, -0.2) is 50.5 Å². The minimum Gasteiger partial charge on any atom is -0.376 e. The molecule has 116 valence electrons. The molecular formula is C14H25ClN2O3. The van der Waals surface area contributed by atoms with Gasteiger partial charge in [-0.3, -0.25) is 4.79 Å². The van der Waals surface area contributed by atoms with Crippen LogP contribution in [0.3, 0.4) is 0 Å². The van der Waals surface area contributed by atoms with Crippen LogP contribution in [0.2, 0.25) is 0 Å². The Morgan fingerprint density at radius 1 is 1.20 bits per heavy atom. The number of halogens is 1. The molecule has 3 rings (SSSR count). The molecule has 2 bridgehead atoms. The molecule has 0 aliphatic carbocycles. The average Bonchev–Trinajstić information content (AvgIpc) is 2.77. The molecule has 0 aromatic carbocycles. The van der Waals surface area contributed by atoms with E-state index in [1.807, 2.05) is 0 Å². The number of carbonyl (C=O) groups is 1. The van der Waals surface area contributed by atoms with E-state index in [1.54, 1.807) is 0 Å². The second-order valence-electron chi connectivity index (χ2n) is 6.05. The third kappa shape index (κ3) is 4.32. The first-order valence-electron chi connectivity index (χ1n) is 7.51. The number of nitrogens with one attached hydrogen (secondary N) is 2. The first-order valence-corrected chi connectivity index (χ1v) is 7.51. The van der Waals surface area contributed by atoms with Crippen LogP contribution in [0.25, 0.3) is 0 Å². The summed E-state index contributed by atoms with van der Waals surface area (Å²) in [5.74, 6) is 0.725. The molecule has 1 amide bonds. The van der Waals surface area contributed by atoms with Crippen molar-refractivity contribution in [1.82, 2.24) is 10.6 Å². The predicted molar refractivity (Wildman–Crippen MR) is 78.1 cm³/mol. The lowest BCUT2D eigenvalue weighted by molar-refractivity contribution is -0.125. The maximum absolute atomic E-state index is 12.0. The normalized spacial score (nSPS) is 36.2. The smallest absolute Gasteiger partial charge is 0.220 e. The van der Waals surface area contributed by atoms with Crippen LogP contribution in [0, 0.1) is 5.92 Å². The highest BCUT2D eigenvalue weighted by molar-refractivity contribution is 5.85. The molecule has 0 spiro atoms. The molecule has 3 atom stereocenters. The molecule has 0 aromatic rings. The largest absolute Gasteiger partial charge is 0.376 e.